The Balaban J connectivity index is 3.28. The summed E-state index contributed by atoms with van der Waals surface area (Å²) in [6, 6.07) is 1.91. The van der Waals surface area contributed by atoms with Crippen LogP contribution in [-0.2, 0) is 9.59 Å². The average Bonchev–Trinajstić information content (AvgIpc) is 2.52. The molecule has 1 N–H and O–H groups in total. The van der Waals surface area contributed by atoms with Crippen molar-refractivity contribution in [2.75, 3.05) is 11.9 Å². The SMILES string of the molecule is CCCCC(Oc1c(I)cc(I)c(N(C)C(=O)CC)c1I)C(=O)O. The van der Waals surface area contributed by atoms with E-state index in [4.69, 9.17) is 4.74 Å². The smallest absolute Gasteiger partial charge is 0.344 e. The Bertz CT molecular complexity index is 622. The maximum atomic E-state index is 12.1. The van der Waals surface area contributed by atoms with Crippen LogP contribution in [0.4, 0.5) is 5.69 Å². The lowest BCUT2D eigenvalue weighted by atomic mass is 10.1. The summed E-state index contributed by atoms with van der Waals surface area (Å²) in [7, 11) is 1.73. The first-order chi connectivity index (χ1) is 11.2. The van der Waals surface area contributed by atoms with Gasteiger partial charge in [-0.05, 0) is 86.7 Å². The molecule has 0 heterocycles. The highest BCUT2D eigenvalue weighted by Gasteiger charge is 2.25. The van der Waals surface area contributed by atoms with Crippen molar-refractivity contribution >= 4 is 85.3 Å². The summed E-state index contributed by atoms with van der Waals surface area (Å²) in [5, 5.41) is 9.41. The van der Waals surface area contributed by atoms with Gasteiger partial charge in [0.05, 0.1) is 12.8 Å². The molecule has 0 saturated carbocycles. The van der Waals surface area contributed by atoms with Crippen molar-refractivity contribution < 1.29 is 19.4 Å². The van der Waals surface area contributed by atoms with Gasteiger partial charge >= 0.3 is 5.97 Å². The first kappa shape index (κ1) is 22.2. The minimum absolute atomic E-state index is 0.00115. The fraction of sp³-hybridized carbons (Fsp3) is 0.500. The first-order valence-electron chi connectivity index (χ1n) is 7.58. The van der Waals surface area contributed by atoms with E-state index in [9.17, 15) is 14.7 Å². The van der Waals surface area contributed by atoms with Gasteiger partial charge < -0.3 is 14.7 Å². The fourth-order valence-corrected chi connectivity index (χ4v) is 6.45. The Kier molecular flexibility index (Phi) is 9.56. The number of ether oxygens (including phenoxy) is 1. The molecule has 1 atom stereocenters. The number of amides is 1. The summed E-state index contributed by atoms with van der Waals surface area (Å²) in [5.74, 6) is -0.433. The van der Waals surface area contributed by atoms with Crippen molar-refractivity contribution in [3.05, 3.63) is 16.8 Å². The predicted octanol–water partition coefficient (Wildman–Crippen LogP) is 4.90. The summed E-state index contributed by atoms with van der Waals surface area (Å²) >= 11 is 6.46. The number of benzene rings is 1. The zero-order valence-electron chi connectivity index (χ0n) is 13.7. The van der Waals surface area contributed by atoms with Crippen molar-refractivity contribution in [2.24, 2.45) is 0 Å². The molecule has 0 aromatic heterocycles. The maximum Gasteiger partial charge on any atom is 0.344 e. The third-order valence-electron chi connectivity index (χ3n) is 3.47. The van der Waals surface area contributed by atoms with E-state index in [0.717, 1.165) is 29.2 Å². The lowest BCUT2D eigenvalue weighted by Gasteiger charge is -2.24. The number of hydrogen-bond donors (Lipinski definition) is 1. The van der Waals surface area contributed by atoms with Crippen LogP contribution in [0.1, 0.15) is 39.5 Å². The topological polar surface area (TPSA) is 66.8 Å². The van der Waals surface area contributed by atoms with Crippen molar-refractivity contribution in [3.63, 3.8) is 0 Å². The van der Waals surface area contributed by atoms with Crippen LogP contribution in [0.15, 0.2) is 6.07 Å². The van der Waals surface area contributed by atoms with Gasteiger partial charge in [-0.1, -0.05) is 20.3 Å². The van der Waals surface area contributed by atoms with Crippen molar-refractivity contribution in [3.8, 4) is 5.75 Å². The Morgan fingerprint density at radius 1 is 1.25 bits per heavy atom. The van der Waals surface area contributed by atoms with Gasteiger partial charge in [0.25, 0.3) is 0 Å². The van der Waals surface area contributed by atoms with E-state index in [1.807, 2.05) is 19.9 Å². The number of aliphatic carboxylic acids is 1. The third-order valence-corrected chi connectivity index (χ3v) is 6.10. The number of anilines is 1. The van der Waals surface area contributed by atoms with Gasteiger partial charge in [0.15, 0.2) is 6.10 Å². The number of carbonyl (C=O) groups is 2. The predicted molar refractivity (Wildman–Crippen MR) is 120 cm³/mol. The molecular formula is C16H20I3NO4. The van der Waals surface area contributed by atoms with E-state index in [0.29, 0.717) is 18.6 Å². The molecule has 0 aliphatic rings. The number of rotatable bonds is 8. The van der Waals surface area contributed by atoms with Gasteiger partial charge in [0.2, 0.25) is 5.91 Å². The highest BCUT2D eigenvalue weighted by Crippen LogP contribution is 2.39. The van der Waals surface area contributed by atoms with Gasteiger partial charge in [-0.3, -0.25) is 4.79 Å². The van der Waals surface area contributed by atoms with E-state index in [1.54, 1.807) is 11.9 Å². The van der Waals surface area contributed by atoms with Crippen LogP contribution >= 0.6 is 67.8 Å². The first-order valence-corrected chi connectivity index (χ1v) is 10.8. The van der Waals surface area contributed by atoms with E-state index in [-0.39, 0.29) is 5.91 Å². The largest absolute Gasteiger partial charge is 0.479 e. The summed E-state index contributed by atoms with van der Waals surface area (Å²) in [6.45, 7) is 3.83. The molecule has 134 valence electrons. The average molecular weight is 671 g/mol. The molecule has 0 saturated heterocycles. The molecule has 5 nitrogen and oxygen atoms in total. The number of unbranched alkanes of at least 4 members (excludes halogenated alkanes) is 1. The second kappa shape index (κ2) is 10.3. The Hall–Kier alpha value is 0.150. The number of nitrogens with zero attached hydrogens (tertiary/aromatic N) is 1. The molecule has 0 spiro atoms. The zero-order chi connectivity index (χ0) is 18.4. The van der Waals surface area contributed by atoms with Gasteiger partial charge in [-0.2, -0.15) is 0 Å². The molecular weight excluding hydrogens is 651 g/mol. The molecule has 1 aromatic carbocycles. The van der Waals surface area contributed by atoms with Gasteiger partial charge in [0, 0.05) is 17.0 Å². The van der Waals surface area contributed by atoms with Crippen LogP contribution in [0.5, 0.6) is 5.75 Å². The Morgan fingerprint density at radius 2 is 1.88 bits per heavy atom. The molecule has 8 heteroatoms. The molecule has 0 bridgehead atoms. The number of halogens is 3. The maximum absolute atomic E-state index is 12.1. The summed E-state index contributed by atoms with van der Waals surface area (Å²) in [4.78, 5) is 25.1. The normalized spacial score (nSPS) is 11.9. The Morgan fingerprint density at radius 3 is 2.38 bits per heavy atom. The highest BCUT2D eigenvalue weighted by atomic mass is 127. The molecule has 1 unspecified atom stereocenters. The van der Waals surface area contributed by atoms with Gasteiger partial charge in [0.1, 0.15) is 5.75 Å². The quantitative estimate of drug-likeness (QED) is 0.400. The molecule has 1 aromatic rings. The van der Waals surface area contributed by atoms with Crippen LogP contribution in [0.25, 0.3) is 0 Å². The third kappa shape index (κ3) is 5.58. The van der Waals surface area contributed by atoms with Crippen LogP contribution in [0.3, 0.4) is 0 Å². The van der Waals surface area contributed by atoms with E-state index in [1.165, 1.54) is 0 Å². The number of carboxylic acid groups (broad SMARTS) is 1. The van der Waals surface area contributed by atoms with E-state index < -0.39 is 12.1 Å². The van der Waals surface area contributed by atoms with Crippen LogP contribution in [0, 0.1) is 10.7 Å². The second-order valence-electron chi connectivity index (χ2n) is 5.23. The van der Waals surface area contributed by atoms with Crippen LogP contribution in [0.2, 0.25) is 0 Å². The van der Waals surface area contributed by atoms with Crippen LogP contribution in [-0.4, -0.2) is 30.1 Å². The van der Waals surface area contributed by atoms with E-state index in [2.05, 4.69) is 67.8 Å². The number of hydrogen-bond acceptors (Lipinski definition) is 3. The van der Waals surface area contributed by atoms with Crippen molar-refractivity contribution in [1.29, 1.82) is 0 Å². The molecule has 24 heavy (non-hydrogen) atoms. The monoisotopic (exact) mass is 671 g/mol. The molecule has 1 amide bonds. The summed E-state index contributed by atoms with van der Waals surface area (Å²) in [6.07, 6.45) is 1.68. The van der Waals surface area contributed by atoms with Gasteiger partial charge in [-0.25, -0.2) is 4.79 Å². The van der Waals surface area contributed by atoms with Gasteiger partial charge in [-0.15, -0.1) is 0 Å². The number of carboxylic acids is 1. The molecule has 0 aliphatic carbocycles. The van der Waals surface area contributed by atoms with Crippen molar-refractivity contribution in [2.45, 2.75) is 45.6 Å². The second-order valence-corrected chi connectivity index (χ2v) is 8.63. The zero-order valence-corrected chi connectivity index (χ0v) is 20.2. The molecule has 0 fully saturated rings. The van der Waals surface area contributed by atoms with E-state index >= 15 is 0 Å². The number of carbonyl (C=O) groups excluding carboxylic acids is 1. The molecule has 0 radical (unpaired) electrons. The minimum atomic E-state index is -0.965. The fourth-order valence-electron chi connectivity index (χ4n) is 2.10. The molecule has 1 rings (SSSR count). The minimum Gasteiger partial charge on any atom is -0.479 e. The molecule has 0 aliphatic heterocycles. The standard InChI is InChI=1S/C16H20I3NO4/c1-4-6-7-11(16(22)23)24-15-10(18)8-9(17)14(13(15)19)20(3)12(21)5-2/h8,11H,4-7H2,1-3H3,(H,22,23). The summed E-state index contributed by atoms with van der Waals surface area (Å²) in [5.41, 5.74) is 0.762. The lowest BCUT2D eigenvalue weighted by molar-refractivity contribution is -0.145. The lowest BCUT2D eigenvalue weighted by Crippen LogP contribution is -2.29. The Labute approximate surface area is 183 Å². The van der Waals surface area contributed by atoms with Crippen molar-refractivity contribution in [1.82, 2.24) is 0 Å². The van der Waals surface area contributed by atoms with Crippen LogP contribution < -0.4 is 9.64 Å². The highest BCUT2D eigenvalue weighted by molar-refractivity contribution is 14.1. The summed E-state index contributed by atoms with van der Waals surface area (Å²) < 4.78 is 8.37.